The number of benzene rings is 1. The van der Waals surface area contributed by atoms with Gasteiger partial charge in [0, 0.05) is 16.2 Å². The van der Waals surface area contributed by atoms with E-state index < -0.39 is 5.82 Å². The zero-order valence-corrected chi connectivity index (χ0v) is 14.4. The second-order valence-corrected chi connectivity index (χ2v) is 6.99. The predicted molar refractivity (Wildman–Crippen MR) is 85.2 cm³/mol. The van der Waals surface area contributed by atoms with Crippen LogP contribution in [0.15, 0.2) is 32.5 Å². The molecule has 1 N–H and O–H groups in total. The van der Waals surface area contributed by atoms with E-state index in [0.717, 1.165) is 8.26 Å². The molecule has 2 rings (SSSR count). The number of rotatable bonds is 4. The molecule has 0 atom stereocenters. The minimum absolute atomic E-state index is 0.173. The molecule has 0 saturated carbocycles. The highest BCUT2D eigenvalue weighted by atomic mass is 79.9. The maximum Gasteiger partial charge on any atom is 0.265 e. The van der Waals surface area contributed by atoms with Gasteiger partial charge in [-0.25, -0.2) is 4.39 Å². The van der Waals surface area contributed by atoms with Crippen LogP contribution in [0.4, 0.5) is 10.1 Å². The molecular formula is C13H10Br2FNO2S. The van der Waals surface area contributed by atoms with Crippen molar-refractivity contribution >= 4 is 54.8 Å². The molecular weight excluding hydrogens is 413 g/mol. The fraction of sp³-hybridized carbons (Fsp3) is 0.154. The predicted octanol–water partition coefficient (Wildman–Crippen LogP) is 5.06. The highest BCUT2D eigenvalue weighted by Gasteiger charge is 2.13. The Morgan fingerprint density at radius 3 is 2.70 bits per heavy atom. The Hall–Kier alpha value is -0.920. The van der Waals surface area contributed by atoms with Gasteiger partial charge in [0.25, 0.3) is 5.91 Å². The van der Waals surface area contributed by atoms with Crippen LogP contribution in [0.3, 0.4) is 0 Å². The second-order valence-electron chi connectivity index (χ2n) is 3.76. The molecule has 0 bridgehead atoms. The molecule has 7 heteroatoms. The molecule has 0 aliphatic rings. The lowest BCUT2D eigenvalue weighted by molar-refractivity contribution is 0.103. The standard InChI is InChI=1S/C13H10Br2FNO2S/c1-2-19-10-4-3-7(5-9(10)16)17-13(18)11-6-8(14)12(15)20-11/h3-6H,2H2,1H3,(H,17,18). The van der Waals surface area contributed by atoms with Gasteiger partial charge < -0.3 is 10.1 Å². The van der Waals surface area contributed by atoms with Gasteiger partial charge in [0.15, 0.2) is 11.6 Å². The van der Waals surface area contributed by atoms with Crippen molar-refractivity contribution in [2.75, 3.05) is 11.9 Å². The summed E-state index contributed by atoms with van der Waals surface area (Å²) in [5.74, 6) is -0.615. The lowest BCUT2D eigenvalue weighted by Gasteiger charge is -2.07. The maximum atomic E-state index is 13.7. The zero-order valence-electron chi connectivity index (χ0n) is 10.4. The number of ether oxygens (including phenoxy) is 1. The van der Waals surface area contributed by atoms with Gasteiger partial charge >= 0.3 is 0 Å². The Balaban J connectivity index is 2.13. The van der Waals surface area contributed by atoms with E-state index in [9.17, 15) is 9.18 Å². The average Bonchev–Trinajstić information content (AvgIpc) is 2.73. The summed E-state index contributed by atoms with van der Waals surface area (Å²) in [4.78, 5) is 12.5. The summed E-state index contributed by atoms with van der Waals surface area (Å²) in [6.07, 6.45) is 0. The summed E-state index contributed by atoms with van der Waals surface area (Å²) in [7, 11) is 0. The minimum atomic E-state index is -0.502. The van der Waals surface area contributed by atoms with Crippen LogP contribution in [0.25, 0.3) is 0 Å². The number of thiophene rings is 1. The molecule has 0 fully saturated rings. The Morgan fingerprint density at radius 2 is 2.15 bits per heavy atom. The maximum absolute atomic E-state index is 13.7. The molecule has 3 nitrogen and oxygen atoms in total. The van der Waals surface area contributed by atoms with E-state index in [1.54, 1.807) is 19.1 Å². The number of carbonyl (C=O) groups is 1. The number of nitrogens with one attached hydrogen (secondary N) is 1. The van der Waals surface area contributed by atoms with Gasteiger partial charge in [0.1, 0.15) is 0 Å². The molecule has 1 heterocycles. The smallest absolute Gasteiger partial charge is 0.265 e. The number of halogens is 3. The lowest BCUT2D eigenvalue weighted by Crippen LogP contribution is -2.10. The summed E-state index contributed by atoms with van der Waals surface area (Å²) in [6, 6.07) is 6.04. The molecule has 0 unspecified atom stereocenters. The third-order valence-corrected chi connectivity index (χ3v) is 5.61. The molecule has 20 heavy (non-hydrogen) atoms. The van der Waals surface area contributed by atoms with Gasteiger partial charge in [-0.05, 0) is 57.0 Å². The summed E-state index contributed by atoms with van der Waals surface area (Å²) in [5.41, 5.74) is 0.386. The molecule has 106 valence electrons. The first-order valence-electron chi connectivity index (χ1n) is 5.69. The first-order chi connectivity index (χ1) is 9.51. The van der Waals surface area contributed by atoms with E-state index in [1.807, 2.05) is 0 Å². The van der Waals surface area contributed by atoms with E-state index in [0.29, 0.717) is 17.2 Å². The van der Waals surface area contributed by atoms with Gasteiger partial charge in [-0.15, -0.1) is 11.3 Å². The van der Waals surface area contributed by atoms with Crippen LogP contribution in [0.1, 0.15) is 16.6 Å². The number of hydrogen-bond acceptors (Lipinski definition) is 3. The van der Waals surface area contributed by atoms with Crippen molar-refractivity contribution in [3.63, 3.8) is 0 Å². The molecule has 1 aromatic heterocycles. The third kappa shape index (κ3) is 3.59. The van der Waals surface area contributed by atoms with E-state index >= 15 is 0 Å². The summed E-state index contributed by atoms with van der Waals surface area (Å²) in [5, 5.41) is 2.64. The largest absolute Gasteiger partial charge is 0.491 e. The van der Waals surface area contributed by atoms with E-state index in [2.05, 4.69) is 37.2 Å². The minimum Gasteiger partial charge on any atom is -0.491 e. The molecule has 2 aromatic rings. The number of carbonyl (C=O) groups excluding carboxylic acids is 1. The average molecular weight is 423 g/mol. The van der Waals surface area contributed by atoms with Crippen molar-refractivity contribution in [1.82, 2.24) is 0 Å². The highest BCUT2D eigenvalue weighted by molar-refractivity contribution is 9.13. The molecule has 0 saturated heterocycles. The van der Waals surface area contributed by atoms with Crippen molar-refractivity contribution in [3.05, 3.63) is 43.2 Å². The van der Waals surface area contributed by atoms with E-state index in [-0.39, 0.29) is 11.7 Å². The van der Waals surface area contributed by atoms with E-state index in [1.165, 1.54) is 23.5 Å². The van der Waals surface area contributed by atoms with Gasteiger partial charge in [0.2, 0.25) is 0 Å². The highest BCUT2D eigenvalue weighted by Crippen LogP contribution is 2.32. The van der Waals surface area contributed by atoms with Crippen LogP contribution in [-0.2, 0) is 0 Å². The van der Waals surface area contributed by atoms with Crippen LogP contribution < -0.4 is 10.1 Å². The summed E-state index contributed by atoms with van der Waals surface area (Å²) in [6.45, 7) is 2.17. The van der Waals surface area contributed by atoms with Crippen LogP contribution in [0.5, 0.6) is 5.75 Å². The quantitative estimate of drug-likeness (QED) is 0.747. The van der Waals surface area contributed by atoms with E-state index in [4.69, 9.17) is 4.74 Å². The first-order valence-corrected chi connectivity index (χ1v) is 8.10. The SMILES string of the molecule is CCOc1ccc(NC(=O)c2cc(Br)c(Br)s2)cc1F. The van der Waals surface area contributed by atoms with Crippen molar-refractivity contribution in [2.24, 2.45) is 0 Å². The first kappa shape index (κ1) is 15.5. The number of hydrogen-bond donors (Lipinski definition) is 1. The molecule has 1 amide bonds. The Labute approximate surface area is 136 Å². The number of anilines is 1. The van der Waals surface area contributed by atoms with Crippen LogP contribution in [0, 0.1) is 5.82 Å². The van der Waals surface area contributed by atoms with Crippen LogP contribution >= 0.6 is 43.2 Å². The Kier molecular flexibility index (Phi) is 5.17. The van der Waals surface area contributed by atoms with Gasteiger partial charge in [-0.2, -0.15) is 0 Å². The third-order valence-electron chi connectivity index (χ3n) is 2.36. The molecule has 0 spiro atoms. The van der Waals surface area contributed by atoms with Gasteiger partial charge in [-0.1, -0.05) is 0 Å². The van der Waals surface area contributed by atoms with Crippen molar-refractivity contribution < 1.29 is 13.9 Å². The summed E-state index contributed by atoms with van der Waals surface area (Å²) < 4.78 is 20.4. The molecule has 0 aliphatic carbocycles. The molecule has 1 aromatic carbocycles. The van der Waals surface area contributed by atoms with Crippen LogP contribution in [0.2, 0.25) is 0 Å². The van der Waals surface area contributed by atoms with Crippen LogP contribution in [-0.4, -0.2) is 12.5 Å². The summed E-state index contributed by atoms with van der Waals surface area (Å²) >= 11 is 7.93. The molecule has 0 radical (unpaired) electrons. The second kappa shape index (κ2) is 6.69. The van der Waals surface area contributed by atoms with Crippen molar-refractivity contribution in [1.29, 1.82) is 0 Å². The zero-order chi connectivity index (χ0) is 14.7. The van der Waals surface area contributed by atoms with Crippen molar-refractivity contribution in [3.8, 4) is 5.75 Å². The molecule has 0 aliphatic heterocycles. The fourth-order valence-corrected chi connectivity index (χ4v) is 3.43. The normalized spacial score (nSPS) is 10.4. The lowest BCUT2D eigenvalue weighted by atomic mass is 10.3. The van der Waals surface area contributed by atoms with Gasteiger partial charge in [0.05, 0.1) is 15.3 Å². The Morgan fingerprint density at radius 1 is 1.40 bits per heavy atom. The monoisotopic (exact) mass is 421 g/mol. The topological polar surface area (TPSA) is 38.3 Å². The van der Waals surface area contributed by atoms with Gasteiger partial charge in [-0.3, -0.25) is 4.79 Å². The van der Waals surface area contributed by atoms with Crippen molar-refractivity contribution in [2.45, 2.75) is 6.92 Å². The Bertz CT molecular complexity index is 626. The fourth-order valence-electron chi connectivity index (χ4n) is 1.50. The number of amides is 1.